The van der Waals surface area contributed by atoms with Gasteiger partial charge in [-0.15, -0.1) is 0 Å². The number of hydrogen-bond acceptors (Lipinski definition) is 2. The van der Waals surface area contributed by atoms with Gasteiger partial charge in [0, 0.05) is 30.5 Å². The van der Waals surface area contributed by atoms with Crippen LogP contribution in [0.5, 0.6) is 0 Å². The zero-order valence-electron chi connectivity index (χ0n) is 12.9. The van der Waals surface area contributed by atoms with Crippen LogP contribution >= 0.6 is 22.6 Å². The fourth-order valence-corrected chi connectivity index (χ4v) is 2.45. The highest BCUT2D eigenvalue weighted by atomic mass is 127. The van der Waals surface area contributed by atoms with Crippen LogP contribution in [0.4, 0.5) is 0 Å². The average Bonchev–Trinajstić information content (AvgIpc) is 2.50. The Labute approximate surface area is 140 Å². The summed E-state index contributed by atoms with van der Waals surface area (Å²) in [5, 5.41) is 2.65. The third kappa shape index (κ3) is 5.65. The first-order chi connectivity index (χ1) is 9.99. The number of rotatable bonds is 7. The Morgan fingerprint density at radius 1 is 1.29 bits per heavy atom. The number of amides is 2. The first kappa shape index (κ1) is 17.9. The second kappa shape index (κ2) is 9.02. The SMILES string of the molecule is CCCCC(=O)N(C)[C@@H](Cc1ccc(I)cc1)C(=O)NC. The van der Waals surface area contributed by atoms with E-state index in [0.29, 0.717) is 12.8 Å². The Kier molecular flexibility index (Phi) is 7.71. The van der Waals surface area contributed by atoms with Gasteiger partial charge in [0.1, 0.15) is 6.04 Å². The molecule has 4 nitrogen and oxygen atoms in total. The van der Waals surface area contributed by atoms with Gasteiger partial charge in [-0.1, -0.05) is 25.5 Å². The average molecular weight is 402 g/mol. The molecule has 1 aromatic rings. The molecular formula is C16H23IN2O2. The molecule has 1 atom stereocenters. The molecule has 0 radical (unpaired) electrons. The molecule has 1 rings (SSSR count). The van der Waals surface area contributed by atoms with Crippen molar-refractivity contribution in [1.29, 1.82) is 0 Å². The van der Waals surface area contributed by atoms with Crippen molar-refractivity contribution in [3.8, 4) is 0 Å². The summed E-state index contributed by atoms with van der Waals surface area (Å²) >= 11 is 2.25. The monoisotopic (exact) mass is 402 g/mol. The largest absolute Gasteiger partial charge is 0.357 e. The summed E-state index contributed by atoms with van der Waals surface area (Å²) in [6.45, 7) is 2.05. The van der Waals surface area contributed by atoms with Gasteiger partial charge in [0.25, 0.3) is 0 Å². The van der Waals surface area contributed by atoms with Gasteiger partial charge in [0.05, 0.1) is 0 Å². The van der Waals surface area contributed by atoms with E-state index in [-0.39, 0.29) is 11.8 Å². The molecule has 116 valence electrons. The fraction of sp³-hybridized carbons (Fsp3) is 0.500. The zero-order valence-corrected chi connectivity index (χ0v) is 15.0. The summed E-state index contributed by atoms with van der Waals surface area (Å²) in [6, 6.07) is 7.56. The quantitative estimate of drug-likeness (QED) is 0.713. The van der Waals surface area contributed by atoms with E-state index in [9.17, 15) is 9.59 Å². The lowest BCUT2D eigenvalue weighted by atomic mass is 10.0. The van der Waals surface area contributed by atoms with Crippen molar-refractivity contribution in [2.24, 2.45) is 0 Å². The first-order valence-corrected chi connectivity index (χ1v) is 8.29. The molecule has 1 aromatic carbocycles. The summed E-state index contributed by atoms with van der Waals surface area (Å²) in [5.74, 6) is -0.100. The van der Waals surface area contributed by atoms with Crippen LogP contribution in [0.3, 0.4) is 0 Å². The molecule has 1 N–H and O–H groups in total. The van der Waals surface area contributed by atoms with Gasteiger partial charge in [-0.05, 0) is 46.7 Å². The van der Waals surface area contributed by atoms with Crippen molar-refractivity contribution < 1.29 is 9.59 Å². The number of carbonyl (C=O) groups is 2. The lowest BCUT2D eigenvalue weighted by Crippen LogP contribution is -2.48. The van der Waals surface area contributed by atoms with Crippen LogP contribution < -0.4 is 5.32 Å². The molecule has 0 saturated carbocycles. The molecule has 0 bridgehead atoms. The van der Waals surface area contributed by atoms with Crippen LogP contribution in [-0.4, -0.2) is 36.9 Å². The third-order valence-corrected chi connectivity index (χ3v) is 4.22. The van der Waals surface area contributed by atoms with Crippen LogP contribution in [0.15, 0.2) is 24.3 Å². The summed E-state index contributed by atoms with van der Waals surface area (Å²) in [7, 11) is 3.32. The van der Waals surface area contributed by atoms with E-state index in [1.165, 1.54) is 0 Å². The van der Waals surface area contributed by atoms with Gasteiger partial charge < -0.3 is 10.2 Å². The maximum absolute atomic E-state index is 12.2. The van der Waals surface area contributed by atoms with Crippen molar-refractivity contribution in [2.45, 2.75) is 38.6 Å². The molecule has 5 heteroatoms. The van der Waals surface area contributed by atoms with E-state index in [1.54, 1.807) is 19.0 Å². The standard InChI is InChI=1S/C16H23IN2O2/c1-4-5-6-15(20)19(3)14(16(21)18-2)11-12-7-9-13(17)10-8-12/h7-10,14H,4-6,11H2,1-3H3,(H,18,21)/t14-/m0/s1. The van der Waals surface area contributed by atoms with Crippen molar-refractivity contribution in [3.63, 3.8) is 0 Å². The second-order valence-electron chi connectivity index (χ2n) is 5.07. The molecule has 2 amide bonds. The normalized spacial score (nSPS) is 11.8. The van der Waals surface area contributed by atoms with Gasteiger partial charge >= 0.3 is 0 Å². The van der Waals surface area contributed by atoms with Crippen molar-refractivity contribution in [3.05, 3.63) is 33.4 Å². The van der Waals surface area contributed by atoms with Gasteiger partial charge in [0.2, 0.25) is 11.8 Å². The Balaban J connectivity index is 2.82. The second-order valence-corrected chi connectivity index (χ2v) is 6.31. The number of benzene rings is 1. The minimum atomic E-state index is -0.459. The minimum Gasteiger partial charge on any atom is -0.357 e. The van der Waals surface area contributed by atoms with Gasteiger partial charge in [-0.2, -0.15) is 0 Å². The topological polar surface area (TPSA) is 49.4 Å². The number of carbonyl (C=O) groups excluding carboxylic acids is 2. The van der Waals surface area contributed by atoms with E-state index in [2.05, 4.69) is 34.8 Å². The number of hydrogen-bond donors (Lipinski definition) is 1. The first-order valence-electron chi connectivity index (χ1n) is 7.21. The molecule has 0 aromatic heterocycles. The highest BCUT2D eigenvalue weighted by molar-refractivity contribution is 14.1. The number of nitrogens with one attached hydrogen (secondary N) is 1. The molecule has 0 unspecified atom stereocenters. The lowest BCUT2D eigenvalue weighted by molar-refractivity contribution is -0.138. The van der Waals surface area contributed by atoms with E-state index in [4.69, 9.17) is 0 Å². The van der Waals surface area contributed by atoms with Crippen molar-refractivity contribution >= 4 is 34.4 Å². The smallest absolute Gasteiger partial charge is 0.242 e. The van der Waals surface area contributed by atoms with Crippen LogP contribution in [0.25, 0.3) is 0 Å². The molecule has 0 fully saturated rings. The van der Waals surface area contributed by atoms with Gasteiger partial charge in [-0.25, -0.2) is 0 Å². The Bertz CT molecular complexity index is 474. The van der Waals surface area contributed by atoms with Crippen LogP contribution in [0, 0.1) is 3.57 Å². The molecule has 0 spiro atoms. The number of halogens is 1. The highest BCUT2D eigenvalue weighted by Gasteiger charge is 2.25. The molecule has 0 aliphatic heterocycles. The van der Waals surface area contributed by atoms with Crippen molar-refractivity contribution in [1.82, 2.24) is 10.2 Å². The summed E-state index contributed by atoms with van der Waals surface area (Å²) in [4.78, 5) is 25.8. The number of unbranched alkanes of at least 4 members (excludes halogenated alkanes) is 1. The van der Waals surface area contributed by atoms with E-state index in [0.717, 1.165) is 22.0 Å². The molecular weight excluding hydrogens is 379 g/mol. The summed E-state index contributed by atoms with van der Waals surface area (Å²) in [5.41, 5.74) is 1.05. The van der Waals surface area contributed by atoms with E-state index in [1.807, 2.05) is 24.3 Å². The maximum atomic E-state index is 12.2. The van der Waals surface area contributed by atoms with Crippen LogP contribution in [0.2, 0.25) is 0 Å². The predicted octanol–water partition coefficient (Wildman–Crippen LogP) is 2.60. The number of nitrogens with zero attached hydrogens (tertiary/aromatic N) is 1. The molecule has 0 saturated heterocycles. The lowest BCUT2D eigenvalue weighted by Gasteiger charge is -2.27. The zero-order chi connectivity index (χ0) is 15.8. The molecule has 0 heterocycles. The Hall–Kier alpha value is -1.11. The minimum absolute atomic E-state index is 0.0240. The van der Waals surface area contributed by atoms with Crippen LogP contribution in [0.1, 0.15) is 31.7 Å². The Morgan fingerprint density at radius 2 is 1.90 bits per heavy atom. The molecule has 0 aliphatic rings. The summed E-state index contributed by atoms with van der Waals surface area (Å²) in [6.07, 6.45) is 2.85. The third-order valence-electron chi connectivity index (χ3n) is 3.50. The molecule has 21 heavy (non-hydrogen) atoms. The predicted molar refractivity (Wildman–Crippen MR) is 93.0 cm³/mol. The van der Waals surface area contributed by atoms with Crippen LogP contribution in [-0.2, 0) is 16.0 Å². The fourth-order valence-electron chi connectivity index (χ4n) is 2.09. The molecule has 0 aliphatic carbocycles. The Morgan fingerprint density at radius 3 is 2.43 bits per heavy atom. The van der Waals surface area contributed by atoms with Crippen molar-refractivity contribution in [2.75, 3.05) is 14.1 Å². The number of likely N-dealkylation sites (N-methyl/N-ethyl adjacent to an activating group) is 2. The van der Waals surface area contributed by atoms with Gasteiger partial charge in [-0.3, -0.25) is 9.59 Å². The van der Waals surface area contributed by atoms with E-state index >= 15 is 0 Å². The van der Waals surface area contributed by atoms with Gasteiger partial charge in [0.15, 0.2) is 0 Å². The van der Waals surface area contributed by atoms with E-state index < -0.39 is 6.04 Å². The summed E-state index contributed by atoms with van der Waals surface area (Å²) < 4.78 is 1.15. The maximum Gasteiger partial charge on any atom is 0.242 e. The highest BCUT2D eigenvalue weighted by Crippen LogP contribution is 2.13.